The number of hydrogen-bond acceptors (Lipinski definition) is 3. The summed E-state index contributed by atoms with van der Waals surface area (Å²) < 4.78 is 5.49. The van der Waals surface area contributed by atoms with Gasteiger partial charge in [-0.25, -0.2) is 0 Å². The molecule has 0 saturated carbocycles. The van der Waals surface area contributed by atoms with Gasteiger partial charge in [-0.1, -0.05) is 36.4 Å². The molecule has 30 heavy (non-hydrogen) atoms. The number of hydrogen-bond donors (Lipinski definition) is 1. The van der Waals surface area contributed by atoms with Gasteiger partial charge in [-0.2, -0.15) is 0 Å². The molecular formula is C25H31N3O2. The largest absolute Gasteiger partial charge is 0.496 e. The third-order valence-corrected chi connectivity index (χ3v) is 6.19. The number of nitrogens with one attached hydrogen (secondary N) is 1. The van der Waals surface area contributed by atoms with Crippen LogP contribution in [0.2, 0.25) is 0 Å². The number of aromatic amines is 1. The minimum Gasteiger partial charge on any atom is -0.496 e. The molecule has 1 aliphatic rings. The lowest BCUT2D eigenvalue weighted by Crippen LogP contribution is -2.42. The van der Waals surface area contributed by atoms with Crippen LogP contribution in [-0.4, -0.2) is 61.0 Å². The number of benzene rings is 2. The maximum atomic E-state index is 13.0. The van der Waals surface area contributed by atoms with Crippen molar-refractivity contribution in [2.45, 2.75) is 19.3 Å². The number of carbonyl (C=O) groups excluding carboxylic acids is 1. The highest BCUT2D eigenvalue weighted by molar-refractivity contribution is 6.06. The maximum Gasteiger partial charge on any atom is 0.255 e. The van der Waals surface area contributed by atoms with Crippen molar-refractivity contribution < 1.29 is 9.53 Å². The number of ether oxygens (including phenoxy) is 1. The van der Waals surface area contributed by atoms with Gasteiger partial charge in [0.05, 0.1) is 12.7 Å². The van der Waals surface area contributed by atoms with E-state index in [0.29, 0.717) is 5.92 Å². The lowest BCUT2D eigenvalue weighted by atomic mass is 9.96. The van der Waals surface area contributed by atoms with Crippen LogP contribution in [0.15, 0.2) is 54.7 Å². The Bertz CT molecular complexity index is 997. The van der Waals surface area contributed by atoms with Crippen molar-refractivity contribution in [3.05, 3.63) is 65.9 Å². The molecule has 1 atom stereocenters. The van der Waals surface area contributed by atoms with E-state index in [1.54, 1.807) is 7.11 Å². The van der Waals surface area contributed by atoms with Gasteiger partial charge in [-0.05, 0) is 49.4 Å². The van der Waals surface area contributed by atoms with Gasteiger partial charge < -0.3 is 19.5 Å². The Kier molecular flexibility index (Phi) is 6.38. The van der Waals surface area contributed by atoms with E-state index < -0.39 is 0 Å². The van der Waals surface area contributed by atoms with Gasteiger partial charge in [-0.15, -0.1) is 0 Å². The van der Waals surface area contributed by atoms with Crippen LogP contribution < -0.4 is 4.74 Å². The third-order valence-electron chi connectivity index (χ3n) is 6.19. The summed E-state index contributed by atoms with van der Waals surface area (Å²) in [6.07, 6.45) is 5.19. The summed E-state index contributed by atoms with van der Waals surface area (Å²) in [5.74, 6) is 1.57. The molecule has 1 fully saturated rings. The van der Waals surface area contributed by atoms with Crippen molar-refractivity contribution in [2.24, 2.45) is 5.92 Å². The van der Waals surface area contributed by atoms with E-state index in [1.165, 1.54) is 18.4 Å². The van der Waals surface area contributed by atoms with Crippen molar-refractivity contribution in [2.75, 3.05) is 40.3 Å². The number of piperidine rings is 1. The summed E-state index contributed by atoms with van der Waals surface area (Å²) in [4.78, 5) is 20.7. The van der Waals surface area contributed by atoms with Gasteiger partial charge in [-0.3, -0.25) is 4.79 Å². The standard InChI is InChI=1S/C25H31N3O2/c1-27(25(29)22-16-26-23-11-5-4-10-21(22)23)17-19-8-7-14-28(18-19)15-13-20-9-3-6-12-24(20)30-2/h3-6,9-12,16,19,26H,7-8,13-15,17-18H2,1-2H3/t19-/m0/s1. The van der Waals surface area contributed by atoms with Crippen LogP contribution in [0.5, 0.6) is 5.75 Å². The molecule has 5 heteroatoms. The fourth-order valence-corrected chi connectivity index (χ4v) is 4.62. The molecule has 1 N–H and O–H groups in total. The quantitative estimate of drug-likeness (QED) is 0.641. The zero-order valence-corrected chi connectivity index (χ0v) is 17.9. The number of para-hydroxylation sites is 2. The molecule has 1 aromatic heterocycles. The second-order valence-electron chi connectivity index (χ2n) is 8.30. The third kappa shape index (κ3) is 4.51. The number of rotatable bonds is 7. The van der Waals surface area contributed by atoms with E-state index in [0.717, 1.165) is 54.8 Å². The van der Waals surface area contributed by atoms with Gasteiger partial charge >= 0.3 is 0 Å². The van der Waals surface area contributed by atoms with Gasteiger partial charge in [0.1, 0.15) is 5.75 Å². The molecule has 4 rings (SSSR count). The van der Waals surface area contributed by atoms with Crippen molar-refractivity contribution in [3.8, 4) is 5.75 Å². The summed E-state index contributed by atoms with van der Waals surface area (Å²) in [5.41, 5.74) is 3.03. The molecule has 2 aromatic carbocycles. The number of aromatic nitrogens is 1. The lowest BCUT2D eigenvalue weighted by Gasteiger charge is -2.34. The first-order valence-corrected chi connectivity index (χ1v) is 10.8. The maximum absolute atomic E-state index is 13.0. The van der Waals surface area contributed by atoms with E-state index in [4.69, 9.17) is 4.74 Å². The van der Waals surface area contributed by atoms with Crippen molar-refractivity contribution in [1.29, 1.82) is 0 Å². The van der Waals surface area contributed by atoms with Crippen LogP contribution in [0.3, 0.4) is 0 Å². The number of amides is 1. The highest BCUT2D eigenvalue weighted by Gasteiger charge is 2.24. The van der Waals surface area contributed by atoms with E-state index in [9.17, 15) is 4.79 Å². The molecule has 1 aliphatic heterocycles. The minimum absolute atomic E-state index is 0.0959. The number of fused-ring (bicyclic) bond motifs is 1. The van der Waals surface area contributed by atoms with E-state index in [2.05, 4.69) is 22.0 Å². The van der Waals surface area contributed by atoms with Crippen LogP contribution >= 0.6 is 0 Å². The minimum atomic E-state index is 0.0959. The van der Waals surface area contributed by atoms with Gasteiger partial charge in [0.15, 0.2) is 0 Å². The van der Waals surface area contributed by atoms with Crippen LogP contribution in [-0.2, 0) is 6.42 Å². The molecule has 2 heterocycles. The van der Waals surface area contributed by atoms with Gasteiger partial charge in [0, 0.05) is 43.8 Å². The molecule has 0 aliphatic carbocycles. The predicted molar refractivity (Wildman–Crippen MR) is 121 cm³/mol. The predicted octanol–water partition coefficient (Wildman–Crippen LogP) is 4.20. The SMILES string of the molecule is COc1ccccc1CCN1CCC[C@@H](CN(C)C(=O)c2c[nH]c3ccccc23)C1. The lowest BCUT2D eigenvalue weighted by molar-refractivity contribution is 0.0732. The van der Waals surface area contributed by atoms with Crippen LogP contribution in [0.25, 0.3) is 10.9 Å². The first-order chi connectivity index (χ1) is 14.7. The first kappa shape index (κ1) is 20.5. The smallest absolute Gasteiger partial charge is 0.255 e. The van der Waals surface area contributed by atoms with Crippen LogP contribution in [0.4, 0.5) is 0 Å². The molecule has 5 nitrogen and oxygen atoms in total. The average Bonchev–Trinajstić information content (AvgIpc) is 3.21. The highest BCUT2D eigenvalue weighted by Crippen LogP contribution is 2.23. The second kappa shape index (κ2) is 9.35. The molecule has 3 aromatic rings. The number of carbonyl (C=O) groups is 1. The van der Waals surface area contributed by atoms with E-state index in [-0.39, 0.29) is 5.91 Å². The zero-order valence-electron chi connectivity index (χ0n) is 17.9. The fourth-order valence-electron chi connectivity index (χ4n) is 4.62. The second-order valence-corrected chi connectivity index (χ2v) is 8.30. The van der Waals surface area contributed by atoms with Crippen LogP contribution in [0, 0.1) is 5.92 Å². The summed E-state index contributed by atoms with van der Waals surface area (Å²) >= 11 is 0. The monoisotopic (exact) mass is 405 g/mol. The zero-order chi connectivity index (χ0) is 20.9. The Labute approximate surface area is 178 Å². The highest BCUT2D eigenvalue weighted by atomic mass is 16.5. The van der Waals surface area contributed by atoms with Crippen molar-refractivity contribution in [3.63, 3.8) is 0 Å². The molecule has 1 saturated heterocycles. The number of nitrogens with zero attached hydrogens (tertiary/aromatic N) is 2. The molecule has 0 bridgehead atoms. The Morgan fingerprint density at radius 2 is 2.00 bits per heavy atom. The van der Waals surface area contributed by atoms with Crippen molar-refractivity contribution >= 4 is 16.8 Å². The number of likely N-dealkylation sites (tertiary alicyclic amines) is 1. The molecule has 1 amide bonds. The Morgan fingerprint density at radius 1 is 1.20 bits per heavy atom. The normalized spacial score (nSPS) is 17.2. The average molecular weight is 406 g/mol. The summed E-state index contributed by atoms with van der Waals surface area (Å²) in [6.45, 7) is 3.99. The molecule has 0 radical (unpaired) electrons. The number of H-pyrrole nitrogens is 1. The Morgan fingerprint density at radius 3 is 2.87 bits per heavy atom. The summed E-state index contributed by atoms with van der Waals surface area (Å²) in [5, 5.41) is 0.997. The topological polar surface area (TPSA) is 48.6 Å². The fraction of sp³-hybridized carbons (Fsp3) is 0.400. The Hall–Kier alpha value is -2.79. The molecule has 158 valence electrons. The van der Waals surface area contributed by atoms with Gasteiger partial charge in [0.2, 0.25) is 0 Å². The van der Waals surface area contributed by atoms with Crippen LogP contribution in [0.1, 0.15) is 28.8 Å². The number of methoxy groups -OCH3 is 1. The molecular weight excluding hydrogens is 374 g/mol. The first-order valence-electron chi connectivity index (χ1n) is 10.8. The van der Waals surface area contributed by atoms with E-state index >= 15 is 0 Å². The van der Waals surface area contributed by atoms with Crippen molar-refractivity contribution in [1.82, 2.24) is 14.8 Å². The van der Waals surface area contributed by atoms with Gasteiger partial charge in [0.25, 0.3) is 5.91 Å². The summed E-state index contributed by atoms with van der Waals surface area (Å²) in [6, 6.07) is 16.2. The molecule has 0 unspecified atom stereocenters. The van der Waals surface area contributed by atoms with E-state index in [1.807, 2.05) is 54.5 Å². The summed E-state index contributed by atoms with van der Waals surface area (Å²) in [7, 11) is 3.66. The molecule has 0 spiro atoms. The Balaban J connectivity index is 1.33.